The van der Waals surface area contributed by atoms with E-state index >= 15 is 0 Å². The van der Waals surface area contributed by atoms with Crippen molar-refractivity contribution in [1.82, 2.24) is 8.75 Å². The largest absolute Gasteiger partial charge is 0.475 e. The Balaban J connectivity index is 1.89. The Morgan fingerprint density at radius 3 is 2.91 bits per heavy atom. The minimum Gasteiger partial charge on any atom is -0.475 e. The molecule has 1 aliphatic rings. The second-order valence-electron chi connectivity index (χ2n) is 2.61. The predicted octanol–water partition coefficient (Wildman–Crippen LogP) is 1.98. The summed E-state index contributed by atoms with van der Waals surface area (Å²) in [6, 6.07) is 0. The maximum atomic E-state index is 5.66. The fourth-order valence-corrected chi connectivity index (χ4v) is 1.38. The third kappa shape index (κ3) is 1.81. The van der Waals surface area contributed by atoms with Gasteiger partial charge in [0, 0.05) is 0 Å². The average molecular weight is 191 g/mol. The molecule has 1 aromatic heterocycles. The fourth-order valence-electron chi connectivity index (χ4n) is 0.737. The molecule has 0 bridgehead atoms. The van der Waals surface area contributed by atoms with Gasteiger partial charge in [0.05, 0.1) is 18.3 Å². The minimum absolute atomic E-state index is 0.385. The molecule has 0 spiro atoms. The highest BCUT2D eigenvalue weighted by Gasteiger charge is 2.22. The van der Waals surface area contributed by atoms with Crippen LogP contribution in [0.3, 0.4) is 0 Å². The molecule has 0 radical (unpaired) electrons. The van der Waals surface area contributed by atoms with Gasteiger partial charge in [0.2, 0.25) is 5.15 Å². The molecule has 1 saturated carbocycles. The molecule has 0 amide bonds. The van der Waals surface area contributed by atoms with Crippen LogP contribution >= 0.6 is 23.3 Å². The molecule has 0 saturated heterocycles. The van der Waals surface area contributed by atoms with Crippen LogP contribution in [0.4, 0.5) is 0 Å². The topological polar surface area (TPSA) is 35.0 Å². The third-order valence-corrected chi connectivity index (χ3v) is 2.43. The molecule has 1 aromatic rings. The van der Waals surface area contributed by atoms with Crippen molar-refractivity contribution in [3.05, 3.63) is 5.15 Å². The molecular weight excluding hydrogens is 184 g/mol. The van der Waals surface area contributed by atoms with Crippen molar-refractivity contribution in [2.24, 2.45) is 5.92 Å². The Morgan fingerprint density at radius 1 is 1.55 bits per heavy atom. The Hall–Kier alpha value is -0.350. The van der Waals surface area contributed by atoms with Crippen LogP contribution in [0, 0.1) is 5.92 Å². The summed E-state index contributed by atoms with van der Waals surface area (Å²) in [5, 5.41) is 0.385. The van der Waals surface area contributed by atoms with E-state index in [-0.39, 0.29) is 0 Å². The monoisotopic (exact) mass is 190 g/mol. The summed E-state index contributed by atoms with van der Waals surface area (Å²) in [5.41, 5.74) is 0. The first-order valence-electron chi connectivity index (χ1n) is 3.47. The van der Waals surface area contributed by atoms with Gasteiger partial charge < -0.3 is 4.74 Å². The molecule has 11 heavy (non-hydrogen) atoms. The van der Waals surface area contributed by atoms with Gasteiger partial charge in [-0.3, -0.25) is 0 Å². The highest BCUT2D eigenvalue weighted by Crippen LogP contribution is 2.30. The Bertz CT molecular complexity index is 248. The van der Waals surface area contributed by atoms with Crippen LogP contribution in [-0.2, 0) is 0 Å². The van der Waals surface area contributed by atoms with E-state index < -0.39 is 0 Å². The number of rotatable bonds is 3. The summed E-state index contributed by atoms with van der Waals surface area (Å²) < 4.78 is 13.0. The van der Waals surface area contributed by atoms with Crippen LogP contribution in [0.1, 0.15) is 12.8 Å². The van der Waals surface area contributed by atoms with Crippen molar-refractivity contribution >= 4 is 23.3 Å². The summed E-state index contributed by atoms with van der Waals surface area (Å²) in [6.07, 6.45) is 2.55. The van der Waals surface area contributed by atoms with Crippen LogP contribution in [0.25, 0.3) is 0 Å². The highest BCUT2D eigenvalue weighted by atomic mass is 35.5. The summed E-state index contributed by atoms with van der Waals surface area (Å²) >= 11 is 6.74. The summed E-state index contributed by atoms with van der Waals surface area (Å²) in [7, 11) is 0. The lowest BCUT2D eigenvalue weighted by molar-refractivity contribution is 0.291. The first kappa shape index (κ1) is 7.31. The van der Waals surface area contributed by atoms with E-state index in [0.29, 0.717) is 11.0 Å². The van der Waals surface area contributed by atoms with Gasteiger partial charge in [0.25, 0.3) is 5.88 Å². The quantitative estimate of drug-likeness (QED) is 0.731. The van der Waals surface area contributed by atoms with Gasteiger partial charge in [-0.25, -0.2) is 0 Å². The summed E-state index contributed by atoms with van der Waals surface area (Å²) in [6.45, 7) is 0.741. The van der Waals surface area contributed by atoms with Crippen molar-refractivity contribution in [3.63, 3.8) is 0 Å². The van der Waals surface area contributed by atoms with Gasteiger partial charge >= 0.3 is 0 Å². The van der Waals surface area contributed by atoms with E-state index in [9.17, 15) is 0 Å². The van der Waals surface area contributed by atoms with Crippen LogP contribution in [0.15, 0.2) is 0 Å². The molecule has 0 aromatic carbocycles. The van der Waals surface area contributed by atoms with Gasteiger partial charge in [0.1, 0.15) is 0 Å². The molecule has 0 aliphatic heterocycles. The summed E-state index contributed by atoms with van der Waals surface area (Å²) in [4.78, 5) is 0. The summed E-state index contributed by atoms with van der Waals surface area (Å²) in [5.74, 6) is 1.22. The average Bonchev–Trinajstić information content (AvgIpc) is 2.73. The first-order chi connectivity index (χ1) is 5.36. The zero-order chi connectivity index (χ0) is 7.68. The van der Waals surface area contributed by atoms with Gasteiger partial charge in [-0.1, -0.05) is 11.6 Å². The second-order valence-corrected chi connectivity index (χ2v) is 3.50. The molecular formula is C6H7ClN2OS. The molecule has 0 atom stereocenters. The van der Waals surface area contributed by atoms with Crippen LogP contribution in [-0.4, -0.2) is 15.4 Å². The molecule has 0 N–H and O–H groups in total. The molecule has 1 heterocycles. The normalized spacial score (nSPS) is 16.8. The Morgan fingerprint density at radius 2 is 2.36 bits per heavy atom. The van der Waals surface area contributed by atoms with Crippen molar-refractivity contribution in [2.75, 3.05) is 6.61 Å². The van der Waals surface area contributed by atoms with E-state index in [4.69, 9.17) is 16.3 Å². The Kier molecular flexibility index (Phi) is 1.96. The van der Waals surface area contributed by atoms with E-state index in [1.807, 2.05) is 0 Å². The zero-order valence-corrected chi connectivity index (χ0v) is 7.36. The highest BCUT2D eigenvalue weighted by molar-refractivity contribution is 6.99. The molecule has 0 unspecified atom stereocenters. The third-order valence-electron chi connectivity index (χ3n) is 1.57. The number of nitrogens with zero attached hydrogens (tertiary/aromatic N) is 2. The number of ether oxygens (including phenoxy) is 1. The van der Waals surface area contributed by atoms with Gasteiger partial charge in [-0.2, -0.15) is 4.37 Å². The molecule has 1 fully saturated rings. The zero-order valence-electron chi connectivity index (χ0n) is 5.79. The molecule has 5 heteroatoms. The lowest BCUT2D eigenvalue weighted by atomic mass is 10.5. The lowest BCUT2D eigenvalue weighted by Crippen LogP contribution is -1.99. The maximum Gasteiger partial charge on any atom is 0.265 e. The van der Waals surface area contributed by atoms with Gasteiger partial charge in [-0.05, 0) is 18.8 Å². The van der Waals surface area contributed by atoms with E-state index in [1.54, 1.807) is 0 Å². The van der Waals surface area contributed by atoms with Crippen molar-refractivity contribution in [3.8, 4) is 5.88 Å². The van der Waals surface area contributed by atoms with Crippen molar-refractivity contribution < 1.29 is 4.74 Å². The first-order valence-corrected chi connectivity index (χ1v) is 4.58. The molecule has 3 nitrogen and oxygen atoms in total. The van der Waals surface area contributed by atoms with E-state index in [1.165, 1.54) is 12.8 Å². The van der Waals surface area contributed by atoms with Crippen molar-refractivity contribution in [2.45, 2.75) is 12.8 Å². The van der Waals surface area contributed by atoms with Crippen LogP contribution in [0.2, 0.25) is 5.15 Å². The molecule has 60 valence electrons. The number of hydrogen-bond acceptors (Lipinski definition) is 4. The fraction of sp³-hybridized carbons (Fsp3) is 0.667. The number of hydrogen-bond donors (Lipinski definition) is 0. The predicted molar refractivity (Wildman–Crippen MR) is 43.1 cm³/mol. The van der Waals surface area contributed by atoms with E-state index in [2.05, 4.69) is 8.75 Å². The SMILES string of the molecule is Clc1nsnc1OCC1CC1. The molecule has 1 aliphatic carbocycles. The molecule has 2 rings (SSSR count). The standard InChI is InChI=1S/C6H7ClN2OS/c7-5-6(9-11-8-5)10-3-4-1-2-4/h4H,1-3H2. The number of halogens is 1. The Labute approximate surface area is 73.7 Å². The van der Waals surface area contributed by atoms with Crippen molar-refractivity contribution in [1.29, 1.82) is 0 Å². The van der Waals surface area contributed by atoms with Crippen LogP contribution in [0.5, 0.6) is 5.88 Å². The van der Waals surface area contributed by atoms with Gasteiger partial charge in [0.15, 0.2) is 0 Å². The maximum absolute atomic E-state index is 5.66. The lowest BCUT2D eigenvalue weighted by Gasteiger charge is -1.98. The minimum atomic E-state index is 0.385. The van der Waals surface area contributed by atoms with E-state index in [0.717, 1.165) is 24.3 Å². The van der Waals surface area contributed by atoms with Crippen LogP contribution < -0.4 is 4.74 Å². The second kappa shape index (κ2) is 2.95. The smallest absolute Gasteiger partial charge is 0.265 e. The number of aromatic nitrogens is 2. The van der Waals surface area contributed by atoms with Gasteiger partial charge in [-0.15, -0.1) is 4.37 Å².